The van der Waals surface area contributed by atoms with Gasteiger partial charge in [-0.3, -0.25) is 10.1 Å². The van der Waals surface area contributed by atoms with Gasteiger partial charge in [0.2, 0.25) is 5.90 Å². The molecule has 0 saturated heterocycles. The molecule has 0 saturated carbocycles. The van der Waals surface area contributed by atoms with Crippen molar-refractivity contribution in [1.82, 2.24) is 0 Å². The molecule has 1 heterocycles. The average Bonchev–Trinajstić information content (AvgIpc) is 3.19. The van der Waals surface area contributed by atoms with Crippen LogP contribution >= 0.6 is 11.6 Å². The lowest BCUT2D eigenvalue weighted by Crippen LogP contribution is -2.09. The third-order valence-corrected chi connectivity index (χ3v) is 5.06. The maximum absolute atomic E-state index is 12.4. The predicted molar refractivity (Wildman–Crippen MR) is 123 cm³/mol. The summed E-state index contributed by atoms with van der Waals surface area (Å²) in [5.41, 5.74) is 1.09. The minimum absolute atomic E-state index is 0.0626. The molecule has 10 heteroatoms. The zero-order chi connectivity index (χ0) is 24.2. The van der Waals surface area contributed by atoms with Crippen LogP contribution in [0.1, 0.15) is 21.5 Å². The molecule has 0 spiro atoms. The Balaban J connectivity index is 1.56. The van der Waals surface area contributed by atoms with Gasteiger partial charge in [0.05, 0.1) is 28.2 Å². The van der Waals surface area contributed by atoms with E-state index in [9.17, 15) is 19.7 Å². The molecule has 0 unspecified atom stereocenters. The van der Waals surface area contributed by atoms with Gasteiger partial charge >= 0.3 is 11.9 Å². The number of cyclic esters (lactones) is 1. The van der Waals surface area contributed by atoms with E-state index < -0.39 is 16.9 Å². The van der Waals surface area contributed by atoms with Crippen molar-refractivity contribution < 1.29 is 28.7 Å². The Morgan fingerprint density at radius 3 is 2.50 bits per heavy atom. The van der Waals surface area contributed by atoms with E-state index in [0.29, 0.717) is 16.1 Å². The molecule has 4 rings (SSSR count). The van der Waals surface area contributed by atoms with E-state index in [-0.39, 0.29) is 34.3 Å². The zero-order valence-electron chi connectivity index (χ0n) is 17.6. The van der Waals surface area contributed by atoms with Gasteiger partial charge in [0.25, 0.3) is 5.69 Å². The van der Waals surface area contributed by atoms with E-state index in [1.54, 1.807) is 36.4 Å². The number of hydrogen-bond donors (Lipinski definition) is 0. The highest BCUT2D eigenvalue weighted by atomic mass is 35.5. The minimum Gasteiger partial charge on any atom is -0.493 e. The van der Waals surface area contributed by atoms with E-state index >= 15 is 0 Å². The first-order valence-corrected chi connectivity index (χ1v) is 10.2. The van der Waals surface area contributed by atoms with Crippen molar-refractivity contribution >= 4 is 41.2 Å². The maximum atomic E-state index is 12.4. The smallest absolute Gasteiger partial charge is 0.363 e. The summed E-state index contributed by atoms with van der Waals surface area (Å²) in [7, 11) is 1.40. The van der Waals surface area contributed by atoms with Crippen LogP contribution in [-0.4, -0.2) is 29.9 Å². The minimum atomic E-state index is -0.715. The Kier molecular flexibility index (Phi) is 6.37. The molecule has 0 amide bonds. The summed E-state index contributed by atoms with van der Waals surface area (Å²) in [6.07, 6.45) is 1.50. The van der Waals surface area contributed by atoms with Crippen molar-refractivity contribution in [3.63, 3.8) is 0 Å². The second-order valence-corrected chi connectivity index (χ2v) is 7.33. The molecule has 1 aliphatic heterocycles. The number of aliphatic imine (C=N–C) groups is 1. The molecular weight excluding hydrogens is 464 g/mol. The van der Waals surface area contributed by atoms with Gasteiger partial charge in [-0.1, -0.05) is 29.8 Å². The number of carbonyl (C=O) groups is 2. The topological polar surface area (TPSA) is 117 Å². The fourth-order valence-electron chi connectivity index (χ4n) is 3.05. The molecule has 0 atom stereocenters. The zero-order valence-corrected chi connectivity index (χ0v) is 18.3. The van der Waals surface area contributed by atoms with Crippen molar-refractivity contribution in [2.24, 2.45) is 4.99 Å². The van der Waals surface area contributed by atoms with Crippen LogP contribution in [0.3, 0.4) is 0 Å². The number of nitro benzene ring substituents is 1. The van der Waals surface area contributed by atoms with Gasteiger partial charge in [-0.2, -0.15) is 0 Å². The fourth-order valence-corrected chi connectivity index (χ4v) is 3.27. The molecule has 0 radical (unpaired) electrons. The summed E-state index contributed by atoms with van der Waals surface area (Å²) in [6.45, 7) is 0. The highest BCUT2D eigenvalue weighted by Crippen LogP contribution is 2.31. The number of methoxy groups -OCH3 is 1. The molecule has 34 heavy (non-hydrogen) atoms. The SMILES string of the molecule is COc1cc(/C=C2/N=C(c3ccccc3Cl)OC2=O)ccc1OC(=O)c1ccc([N+](=O)[O-])cc1. The van der Waals surface area contributed by atoms with Crippen molar-refractivity contribution in [2.45, 2.75) is 0 Å². The van der Waals surface area contributed by atoms with E-state index in [4.69, 9.17) is 25.8 Å². The number of nitro groups is 1. The number of rotatable bonds is 6. The van der Waals surface area contributed by atoms with Gasteiger partial charge in [0, 0.05) is 12.1 Å². The molecule has 170 valence electrons. The summed E-state index contributed by atoms with van der Waals surface area (Å²) in [5.74, 6) is -0.897. The third-order valence-electron chi connectivity index (χ3n) is 4.73. The molecule has 0 N–H and O–H groups in total. The summed E-state index contributed by atoms with van der Waals surface area (Å²) in [6, 6.07) is 16.5. The monoisotopic (exact) mass is 478 g/mol. The van der Waals surface area contributed by atoms with Gasteiger partial charge in [-0.15, -0.1) is 0 Å². The molecule has 9 nitrogen and oxygen atoms in total. The number of benzene rings is 3. The third kappa shape index (κ3) is 4.79. The summed E-state index contributed by atoms with van der Waals surface area (Å²) >= 11 is 6.14. The first-order valence-electron chi connectivity index (χ1n) is 9.78. The Labute approximate surface area is 198 Å². The Morgan fingerprint density at radius 2 is 1.82 bits per heavy atom. The van der Waals surface area contributed by atoms with Crippen molar-refractivity contribution in [3.05, 3.63) is 104 Å². The quantitative estimate of drug-likeness (QED) is 0.164. The van der Waals surface area contributed by atoms with Gasteiger partial charge in [-0.05, 0) is 48.0 Å². The molecule has 3 aromatic rings. The lowest BCUT2D eigenvalue weighted by Gasteiger charge is -2.10. The summed E-state index contributed by atoms with van der Waals surface area (Å²) in [5, 5.41) is 11.2. The first-order chi connectivity index (χ1) is 16.4. The normalized spacial score (nSPS) is 13.9. The number of esters is 2. The standard InChI is InChI=1S/C24H15ClN2O7/c1-32-21-13-14(12-19-24(29)34-22(26-19)17-4-2-3-5-18(17)25)6-11-20(21)33-23(28)15-7-9-16(10-8-15)27(30)31/h2-13H,1H3/b19-12+. The first kappa shape index (κ1) is 22.7. The van der Waals surface area contributed by atoms with Crippen molar-refractivity contribution in [1.29, 1.82) is 0 Å². The average molecular weight is 479 g/mol. The maximum Gasteiger partial charge on any atom is 0.363 e. The number of nitrogens with zero attached hydrogens (tertiary/aromatic N) is 2. The van der Waals surface area contributed by atoms with Crippen LogP contribution in [0.4, 0.5) is 5.69 Å². The summed E-state index contributed by atoms with van der Waals surface area (Å²) in [4.78, 5) is 39.1. The van der Waals surface area contributed by atoms with Gasteiger partial charge in [-0.25, -0.2) is 14.6 Å². The number of halogens is 1. The number of carbonyl (C=O) groups excluding carboxylic acids is 2. The van der Waals surface area contributed by atoms with Gasteiger partial charge in [0.1, 0.15) is 0 Å². The van der Waals surface area contributed by atoms with E-state index in [2.05, 4.69) is 4.99 Å². The van der Waals surface area contributed by atoms with Crippen LogP contribution in [0.15, 0.2) is 77.4 Å². The molecule has 0 fully saturated rings. The Morgan fingerprint density at radius 1 is 1.09 bits per heavy atom. The Hall–Kier alpha value is -4.50. The lowest BCUT2D eigenvalue weighted by molar-refractivity contribution is -0.384. The number of ether oxygens (including phenoxy) is 3. The van der Waals surface area contributed by atoms with E-state index in [1.165, 1.54) is 43.5 Å². The predicted octanol–water partition coefficient (Wildman–Crippen LogP) is 4.82. The van der Waals surface area contributed by atoms with Crippen LogP contribution in [0, 0.1) is 10.1 Å². The van der Waals surface area contributed by atoms with Crippen LogP contribution in [0.25, 0.3) is 6.08 Å². The highest BCUT2D eigenvalue weighted by molar-refractivity contribution is 6.34. The highest BCUT2D eigenvalue weighted by Gasteiger charge is 2.25. The molecular formula is C24H15ClN2O7. The molecule has 0 aliphatic carbocycles. The van der Waals surface area contributed by atoms with Crippen molar-refractivity contribution in [2.75, 3.05) is 7.11 Å². The van der Waals surface area contributed by atoms with Crippen LogP contribution < -0.4 is 9.47 Å². The van der Waals surface area contributed by atoms with Crippen LogP contribution in [0.2, 0.25) is 5.02 Å². The number of non-ortho nitro benzene ring substituents is 1. The number of hydrogen-bond acceptors (Lipinski definition) is 8. The second-order valence-electron chi connectivity index (χ2n) is 6.92. The van der Waals surface area contributed by atoms with Gasteiger partial charge < -0.3 is 14.2 Å². The van der Waals surface area contributed by atoms with Gasteiger partial charge in [0.15, 0.2) is 17.2 Å². The summed E-state index contributed by atoms with van der Waals surface area (Å²) < 4.78 is 15.9. The van der Waals surface area contributed by atoms with Crippen molar-refractivity contribution in [3.8, 4) is 11.5 Å². The molecule has 0 bridgehead atoms. The van der Waals surface area contributed by atoms with E-state index in [1.807, 2.05) is 0 Å². The second kappa shape index (κ2) is 9.55. The molecule has 1 aliphatic rings. The largest absolute Gasteiger partial charge is 0.493 e. The molecule has 0 aromatic heterocycles. The Bertz CT molecular complexity index is 1360. The lowest BCUT2D eigenvalue weighted by atomic mass is 10.1. The van der Waals surface area contributed by atoms with Crippen LogP contribution in [-0.2, 0) is 9.53 Å². The fraction of sp³-hybridized carbons (Fsp3) is 0.0417. The molecule has 3 aromatic carbocycles. The van der Waals surface area contributed by atoms with E-state index in [0.717, 1.165) is 0 Å². The van der Waals surface area contributed by atoms with Crippen LogP contribution in [0.5, 0.6) is 11.5 Å².